The van der Waals surface area contributed by atoms with E-state index in [1.165, 1.54) is 31.2 Å². The van der Waals surface area contributed by atoms with Crippen LogP contribution in [0.1, 0.15) is 56.6 Å². The molecule has 1 atom stereocenters. The maximum Gasteiger partial charge on any atom is 0.191 e. The van der Waals surface area contributed by atoms with Crippen LogP contribution >= 0.6 is 0 Å². The number of aryl methyl sites for hydroxylation is 1. The Balaban J connectivity index is 1.47. The third-order valence-electron chi connectivity index (χ3n) is 5.74. The standard InChI is InChI=1S/C24H39N3O3/c1-3-25-24(26-12-6-13-29-22-7-4-5-8-22)27-16-21-10-9-19(2)15-23(21)30-18-20-11-14-28-17-20/h9-10,15,20,22H,3-8,11-14,16-18H2,1-2H3,(H2,25,26,27). The second-order valence-electron chi connectivity index (χ2n) is 8.40. The van der Waals surface area contributed by atoms with Gasteiger partial charge in [-0.15, -0.1) is 0 Å². The monoisotopic (exact) mass is 417 g/mol. The molecule has 168 valence electrons. The summed E-state index contributed by atoms with van der Waals surface area (Å²) in [5, 5.41) is 6.76. The number of aliphatic imine (C=N–C) groups is 1. The summed E-state index contributed by atoms with van der Waals surface area (Å²) in [4.78, 5) is 4.78. The Morgan fingerprint density at radius 1 is 1.20 bits per heavy atom. The molecule has 1 saturated carbocycles. The van der Waals surface area contributed by atoms with Crippen LogP contribution in [0.2, 0.25) is 0 Å². The van der Waals surface area contributed by atoms with E-state index in [-0.39, 0.29) is 0 Å². The molecule has 0 aromatic heterocycles. The Bertz CT molecular complexity index is 653. The van der Waals surface area contributed by atoms with E-state index in [1.807, 2.05) is 0 Å². The van der Waals surface area contributed by atoms with Gasteiger partial charge in [0.1, 0.15) is 5.75 Å². The smallest absolute Gasteiger partial charge is 0.191 e. The van der Waals surface area contributed by atoms with Gasteiger partial charge in [-0.3, -0.25) is 0 Å². The normalized spacial score (nSPS) is 19.9. The molecule has 1 aromatic carbocycles. The molecule has 0 spiro atoms. The molecule has 6 nitrogen and oxygen atoms in total. The van der Waals surface area contributed by atoms with Crippen molar-refractivity contribution in [3.05, 3.63) is 29.3 Å². The summed E-state index contributed by atoms with van der Waals surface area (Å²) in [6.07, 6.45) is 7.65. The fourth-order valence-electron chi connectivity index (χ4n) is 3.94. The maximum absolute atomic E-state index is 6.15. The van der Waals surface area contributed by atoms with Gasteiger partial charge in [-0.05, 0) is 51.2 Å². The molecule has 0 bridgehead atoms. The van der Waals surface area contributed by atoms with Crippen molar-refractivity contribution in [3.63, 3.8) is 0 Å². The second-order valence-corrected chi connectivity index (χ2v) is 8.40. The second kappa shape index (κ2) is 12.8. The van der Waals surface area contributed by atoms with E-state index in [1.54, 1.807) is 0 Å². The molecule has 1 aliphatic heterocycles. The van der Waals surface area contributed by atoms with Gasteiger partial charge >= 0.3 is 0 Å². The molecule has 6 heteroatoms. The van der Waals surface area contributed by atoms with Crippen molar-refractivity contribution >= 4 is 5.96 Å². The first-order chi connectivity index (χ1) is 14.7. The Morgan fingerprint density at radius 2 is 2.07 bits per heavy atom. The van der Waals surface area contributed by atoms with Gasteiger partial charge in [-0.2, -0.15) is 0 Å². The molecule has 30 heavy (non-hydrogen) atoms. The Morgan fingerprint density at radius 3 is 2.83 bits per heavy atom. The summed E-state index contributed by atoms with van der Waals surface area (Å²) in [5.74, 6) is 2.27. The van der Waals surface area contributed by atoms with Gasteiger partial charge in [0.15, 0.2) is 5.96 Å². The average molecular weight is 418 g/mol. The van der Waals surface area contributed by atoms with E-state index in [9.17, 15) is 0 Å². The first kappa shape index (κ1) is 22.9. The zero-order valence-corrected chi connectivity index (χ0v) is 18.8. The minimum absolute atomic E-state index is 0.489. The fourth-order valence-corrected chi connectivity index (χ4v) is 3.94. The Kier molecular flexibility index (Phi) is 9.77. The van der Waals surface area contributed by atoms with Crippen LogP contribution in [0.15, 0.2) is 23.2 Å². The number of rotatable bonds is 11. The topological polar surface area (TPSA) is 64.1 Å². The van der Waals surface area contributed by atoms with Crippen LogP contribution in [0, 0.1) is 12.8 Å². The van der Waals surface area contributed by atoms with Gasteiger partial charge in [0, 0.05) is 37.8 Å². The number of nitrogens with one attached hydrogen (secondary N) is 2. The van der Waals surface area contributed by atoms with E-state index < -0.39 is 0 Å². The number of nitrogens with zero attached hydrogens (tertiary/aromatic N) is 1. The van der Waals surface area contributed by atoms with Crippen molar-refractivity contribution in [1.29, 1.82) is 0 Å². The van der Waals surface area contributed by atoms with Crippen LogP contribution in [-0.4, -0.2) is 51.6 Å². The molecule has 1 heterocycles. The lowest BCUT2D eigenvalue weighted by molar-refractivity contribution is 0.0574. The predicted octanol–water partition coefficient (Wildman–Crippen LogP) is 3.81. The summed E-state index contributed by atoms with van der Waals surface area (Å²) in [7, 11) is 0. The van der Waals surface area contributed by atoms with Crippen molar-refractivity contribution in [2.45, 2.75) is 65.0 Å². The van der Waals surface area contributed by atoms with Crippen LogP contribution in [0.4, 0.5) is 0 Å². The van der Waals surface area contributed by atoms with Gasteiger partial charge in [-0.1, -0.05) is 25.0 Å². The van der Waals surface area contributed by atoms with Gasteiger partial charge in [0.25, 0.3) is 0 Å². The minimum atomic E-state index is 0.489. The van der Waals surface area contributed by atoms with E-state index in [2.05, 4.69) is 42.7 Å². The summed E-state index contributed by atoms with van der Waals surface area (Å²) >= 11 is 0. The molecule has 1 aliphatic carbocycles. The zero-order chi connectivity index (χ0) is 21.0. The van der Waals surface area contributed by atoms with Gasteiger partial charge in [0.2, 0.25) is 0 Å². The highest BCUT2D eigenvalue weighted by atomic mass is 16.5. The molecule has 1 unspecified atom stereocenters. The van der Waals surface area contributed by atoms with Gasteiger partial charge in [0.05, 0.1) is 25.9 Å². The van der Waals surface area contributed by atoms with Gasteiger partial charge in [-0.25, -0.2) is 4.99 Å². The summed E-state index contributed by atoms with van der Waals surface area (Å²) in [6.45, 7) is 9.64. The number of benzene rings is 1. The molecule has 2 aliphatic rings. The molecule has 1 aromatic rings. The zero-order valence-electron chi connectivity index (χ0n) is 18.8. The molecule has 0 radical (unpaired) electrons. The Hall–Kier alpha value is -1.79. The van der Waals surface area contributed by atoms with Crippen molar-refractivity contribution in [2.24, 2.45) is 10.9 Å². The largest absolute Gasteiger partial charge is 0.493 e. The summed E-state index contributed by atoms with van der Waals surface area (Å²) < 4.78 is 17.6. The fraction of sp³-hybridized carbons (Fsp3) is 0.708. The van der Waals surface area contributed by atoms with E-state index in [0.29, 0.717) is 25.2 Å². The molecule has 1 saturated heterocycles. The SMILES string of the molecule is CCNC(=NCc1ccc(C)cc1OCC1CCOC1)NCCCOC1CCCC1. The first-order valence-electron chi connectivity index (χ1n) is 11.7. The van der Waals surface area contributed by atoms with Crippen molar-refractivity contribution < 1.29 is 14.2 Å². The van der Waals surface area contributed by atoms with Crippen LogP contribution in [0.25, 0.3) is 0 Å². The van der Waals surface area contributed by atoms with Crippen LogP contribution in [-0.2, 0) is 16.0 Å². The molecule has 2 N–H and O–H groups in total. The molecular weight excluding hydrogens is 378 g/mol. The highest BCUT2D eigenvalue weighted by Crippen LogP contribution is 2.23. The molecular formula is C24H39N3O3. The minimum Gasteiger partial charge on any atom is -0.493 e. The lowest BCUT2D eigenvalue weighted by atomic mass is 10.1. The van der Waals surface area contributed by atoms with Crippen molar-refractivity contribution in [2.75, 3.05) is 39.5 Å². The lowest BCUT2D eigenvalue weighted by Gasteiger charge is -2.15. The molecule has 3 rings (SSSR count). The van der Waals surface area contributed by atoms with E-state index in [4.69, 9.17) is 19.2 Å². The third-order valence-corrected chi connectivity index (χ3v) is 5.74. The highest BCUT2D eigenvalue weighted by Gasteiger charge is 2.17. The predicted molar refractivity (Wildman–Crippen MR) is 121 cm³/mol. The number of hydrogen-bond acceptors (Lipinski definition) is 4. The quantitative estimate of drug-likeness (QED) is 0.326. The van der Waals surface area contributed by atoms with Crippen LogP contribution in [0.3, 0.4) is 0 Å². The lowest BCUT2D eigenvalue weighted by Crippen LogP contribution is -2.38. The number of hydrogen-bond donors (Lipinski definition) is 2. The van der Waals surface area contributed by atoms with Crippen molar-refractivity contribution in [3.8, 4) is 5.75 Å². The number of ether oxygens (including phenoxy) is 3. The van der Waals surface area contributed by atoms with Crippen LogP contribution in [0.5, 0.6) is 5.75 Å². The Labute approximate surface area is 181 Å². The van der Waals surface area contributed by atoms with Crippen molar-refractivity contribution in [1.82, 2.24) is 10.6 Å². The van der Waals surface area contributed by atoms with Gasteiger partial charge < -0.3 is 24.8 Å². The summed E-state index contributed by atoms with van der Waals surface area (Å²) in [5.41, 5.74) is 2.31. The van der Waals surface area contributed by atoms with Crippen LogP contribution < -0.4 is 15.4 Å². The average Bonchev–Trinajstić information content (AvgIpc) is 3.45. The van der Waals surface area contributed by atoms with E-state index in [0.717, 1.165) is 63.0 Å². The summed E-state index contributed by atoms with van der Waals surface area (Å²) in [6, 6.07) is 6.36. The maximum atomic E-state index is 6.15. The molecule has 0 amide bonds. The first-order valence-corrected chi connectivity index (χ1v) is 11.7. The number of guanidine groups is 1. The molecule has 2 fully saturated rings. The van der Waals surface area contributed by atoms with E-state index >= 15 is 0 Å². The highest BCUT2D eigenvalue weighted by molar-refractivity contribution is 5.79. The third kappa shape index (κ3) is 7.80.